The Hall–Kier alpha value is -1.12. The number of aromatic nitrogens is 1. The molecule has 1 atom stereocenters. The highest BCUT2D eigenvalue weighted by Gasteiger charge is 2.13. The molecule has 3 heteroatoms. The van der Waals surface area contributed by atoms with Crippen LogP contribution in [0, 0.1) is 5.92 Å². The van der Waals surface area contributed by atoms with Gasteiger partial charge in [-0.1, -0.05) is 23.7 Å². The lowest BCUT2D eigenvalue weighted by molar-refractivity contribution is 0.376. The van der Waals surface area contributed by atoms with Gasteiger partial charge in [0.2, 0.25) is 0 Å². The summed E-state index contributed by atoms with van der Waals surface area (Å²) in [5.41, 5.74) is 2.23. The van der Waals surface area contributed by atoms with Crippen molar-refractivity contribution in [2.45, 2.75) is 19.3 Å². The first-order valence-corrected chi connectivity index (χ1v) is 6.94. The van der Waals surface area contributed by atoms with E-state index in [1.165, 1.54) is 24.9 Å². The zero-order valence-corrected chi connectivity index (χ0v) is 11.1. The summed E-state index contributed by atoms with van der Waals surface area (Å²) in [5, 5.41) is 5.34. The molecule has 2 nitrogen and oxygen atoms in total. The lowest BCUT2D eigenvalue weighted by atomic mass is 9.92. The fourth-order valence-electron chi connectivity index (χ4n) is 2.71. The zero-order chi connectivity index (χ0) is 12.4. The summed E-state index contributed by atoms with van der Waals surface area (Å²) in [5.74, 6) is 0.747. The van der Waals surface area contributed by atoms with Crippen molar-refractivity contribution in [3.05, 3.63) is 41.0 Å². The summed E-state index contributed by atoms with van der Waals surface area (Å²) in [6, 6.07) is 8.18. The van der Waals surface area contributed by atoms with E-state index in [4.69, 9.17) is 11.6 Å². The minimum absolute atomic E-state index is 0.735. The molecule has 1 aliphatic heterocycles. The summed E-state index contributed by atoms with van der Waals surface area (Å²) in [7, 11) is 0. The third kappa shape index (κ3) is 2.50. The van der Waals surface area contributed by atoms with Crippen molar-refractivity contribution in [3.63, 3.8) is 0 Å². The second kappa shape index (κ2) is 5.25. The van der Waals surface area contributed by atoms with Crippen molar-refractivity contribution >= 4 is 22.5 Å². The van der Waals surface area contributed by atoms with E-state index in [9.17, 15) is 0 Å². The topological polar surface area (TPSA) is 24.9 Å². The zero-order valence-electron chi connectivity index (χ0n) is 10.3. The molecular formula is C15H17ClN2. The number of nitrogens with one attached hydrogen (secondary N) is 1. The average Bonchev–Trinajstić information content (AvgIpc) is 2.40. The van der Waals surface area contributed by atoms with Crippen LogP contribution < -0.4 is 5.32 Å². The maximum absolute atomic E-state index is 6.13. The number of hydrogen-bond acceptors (Lipinski definition) is 2. The molecule has 1 saturated heterocycles. The van der Waals surface area contributed by atoms with E-state index in [2.05, 4.69) is 22.4 Å². The Morgan fingerprint density at radius 1 is 1.39 bits per heavy atom. The SMILES string of the molecule is Clc1cccc2cc(CC3CCCNC3)cnc12. The highest BCUT2D eigenvalue weighted by atomic mass is 35.5. The molecule has 3 rings (SSSR count). The molecule has 1 N–H and O–H groups in total. The summed E-state index contributed by atoms with van der Waals surface area (Å²) in [6.45, 7) is 2.30. The van der Waals surface area contributed by atoms with Crippen LogP contribution in [-0.4, -0.2) is 18.1 Å². The van der Waals surface area contributed by atoms with Gasteiger partial charge in [-0.15, -0.1) is 0 Å². The average molecular weight is 261 g/mol. The minimum atomic E-state index is 0.735. The monoisotopic (exact) mass is 260 g/mol. The van der Waals surface area contributed by atoms with E-state index in [0.29, 0.717) is 0 Å². The Kier molecular flexibility index (Phi) is 3.48. The summed E-state index contributed by atoms with van der Waals surface area (Å²) < 4.78 is 0. The normalized spacial score (nSPS) is 20.2. The van der Waals surface area contributed by atoms with E-state index < -0.39 is 0 Å². The number of fused-ring (bicyclic) bond motifs is 1. The van der Waals surface area contributed by atoms with Gasteiger partial charge in [0.25, 0.3) is 0 Å². The molecular weight excluding hydrogens is 244 g/mol. The lowest BCUT2D eigenvalue weighted by Gasteiger charge is -2.22. The number of pyridine rings is 1. The third-order valence-corrected chi connectivity index (χ3v) is 3.95. The molecule has 0 bridgehead atoms. The first kappa shape index (κ1) is 11.9. The van der Waals surface area contributed by atoms with Crippen molar-refractivity contribution < 1.29 is 0 Å². The Labute approximate surface area is 112 Å². The van der Waals surface area contributed by atoms with Crippen molar-refractivity contribution in [3.8, 4) is 0 Å². The van der Waals surface area contributed by atoms with Crippen LogP contribution in [0.3, 0.4) is 0 Å². The van der Waals surface area contributed by atoms with Crippen molar-refractivity contribution in [1.29, 1.82) is 0 Å². The summed E-state index contributed by atoms with van der Waals surface area (Å²) >= 11 is 6.13. The fraction of sp³-hybridized carbons (Fsp3) is 0.400. The molecule has 0 amide bonds. The second-order valence-electron chi connectivity index (χ2n) is 5.07. The molecule has 1 aromatic heterocycles. The van der Waals surface area contributed by atoms with Crippen molar-refractivity contribution in [2.24, 2.45) is 5.92 Å². The van der Waals surface area contributed by atoms with Crippen LogP contribution >= 0.6 is 11.6 Å². The van der Waals surface area contributed by atoms with Gasteiger partial charge in [0.05, 0.1) is 10.5 Å². The Balaban J connectivity index is 1.84. The van der Waals surface area contributed by atoms with Crippen LogP contribution in [0.25, 0.3) is 10.9 Å². The molecule has 1 aromatic carbocycles. The maximum atomic E-state index is 6.13. The van der Waals surface area contributed by atoms with Crippen LogP contribution in [0.5, 0.6) is 0 Å². The summed E-state index contributed by atoms with van der Waals surface area (Å²) in [4.78, 5) is 4.49. The first-order valence-electron chi connectivity index (χ1n) is 6.57. The van der Waals surface area contributed by atoms with Crippen LogP contribution in [0.1, 0.15) is 18.4 Å². The van der Waals surface area contributed by atoms with Gasteiger partial charge in [-0.05, 0) is 56.0 Å². The van der Waals surface area contributed by atoms with Crippen molar-refractivity contribution in [1.82, 2.24) is 10.3 Å². The Morgan fingerprint density at radius 3 is 3.17 bits per heavy atom. The van der Waals surface area contributed by atoms with Gasteiger partial charge in [0.15, 0.2) is 0 Å². The second-order valence-corrected chi connectivity index (χ2v) is 5.48. The highest BCUT2D eigenvalue weighted by Crippen LogP contribution is 2.23. The number of hydrogen-bond donors (Lipinski definition) is 1. The van der Waals surface area contributed by atoms with Gasteiger partial charge in [0, 0.05) is 11.6 Å². The van der Waals surface area contributed by atoms with Crippen LogP contribution in [0.4, 0.5) is 0 Å². The lowest BCUT2D eigenvalue weighted by Crippen LogP contribution is -2.30. The van der Waals surface area contributed by atoms with E-state index in [0.717, 1.165) is 34.8 Å². The van der Waals surface area contributed by atoms with Gasteiger partial charge >= 0.3 is 0 Å². The molecule has 2 heterocycles. The van der Waals surface area contributed by atoms with Gasteiger partial charge in [-0.3, -0.25) is 4.98 Å². The molecule has 0 aliphatic carbocycles. The molecule has 0 spiro atoms. The fourth-order valence-corrected chi connectivity index (χ4v) is 2.94. The van der Waals surface area contributed by atoms with E-state index in [1.807, 2.05) is 18.3 Å². The quantitative estimate of drug-likeness (QED) is 0.895. The number of rotatable bonds is 2. The first-order chi connectivity index (χ1) is 8.83. The third-order valence-electron chi connectivity index (χ3n) is 3.64. The molecule has 1 fully saturated rings. The van der Waals surface area contributed by atoms with Crippen molar-refractivity contribution in [2.75, 3.05) is 13.1 Å². The van der Waals surface area contributed by atoms with Gasteiger partial charge < -0.3 is 5.32 Å². The molecule has 94 valence electrons. The standard InChI is InChI=1S/C15H17ClN2/c16-14-5-1-4-13-8-12(10-18-15(13)14)7-11-3-2-6-17-9-11/h1,4-5,8,10-11,17H,2-3,6-7,9H2. The van der Waals surface area contributed by atoms with Crippen LogP contribution in [0.2, 0.25) is 5.02 Å². The maximum Gasteiger partial charge on any atom is 0.0888 e. The van der Waals surface area contributed by atoms with E-state index >= 15 is 0 Å². The molecule has 2 aromatic rings. The summed E-state index contributed by atoms with van der Waals surface area (Å²) in [6.07, 6.45) is 5.70. The minimum Gasteiger partial charge on any atom is -0.316 e. The molecule has 18 heavy (non-hydrogen) atoms. The smallest absolute Gasteiger partial charge is 0.0888 e. The number of para-hydroxylation sites is 1. The molecule has 0 saturated carbocycles. The molecule has 0 radical (unpaired) electrons. The largest absolute Gasteiger partial charge is 0.316 e. The number of benzene rings is 1. The van der Waals surface area contributed by atoms with E-state index in [1.54, 1.807) is 0 Å². The molecule has 1 unspecified atom stereocenters. The van der Waals surface area contributed by atoms with Gasteiger partial charge in [-0.25, -0.2) is 0 Å². The van der Waals surface area contributed by atoms with Crippen LogP contribution in [0.15, 0.2) is 30.5 Å². The number of nitrogens with zero attached hydrogens (tertiary/aromatic N) is 1. The van der Waals surface area contributed by atoms with E-state index in [-0.39, 0.29) is 0 Å². The predicted octanol–water partition coefficient (Wildman–Crippen LogP) is 3.43. The van der Waals surface area contributed by atoms with Crippen LogP contribution in [-0.2, 0) is 6.42 Å². The van der Waals surface area contributed by atoms with Gasteiger partial charge in [0.1, 0.15) is 0 Å². The highest BCUT2D eigenvalue weighted by molar-refractivity contribution is 6.35. The number of halogens is 1. The number of piperidine rings is 1. The Morgan fingerprint density at radius 2 is 2.33 bits per heavy atom. The molecule has 1 aliphatic rings. The predicted molar refractivity (Wildman–Crippen MR) is 76.1 cm³/mol. The van der Waals surface area contributed by atoms with Gasteiger partial charge in [-0.2, -0.15) is 0 Å². The Bertz CT molecular complexity index is 547.